The number of hydrogen-bond acceptors (Lipinski definition) is 4. The molecular weight excluding hydrogens is 390 g/mol. The third kappa shape index (κ3) is 3.71. The van der Waals surface area contributed by atoms with Crippen LogP contribution < -0.4 is 5.73 Å². The van der Waals surface area contributed by atoms with Crippen LogP contribution >= 0.6 is 31.9 Å². The molecule has 0 heterocycles. The van der Waals surface area contributed by atoms with Crippen molar-refractivity contribution in [2.45, 2.75) is 44.4 Å². The number of aliphatic hydroxyl groups is 1. The number of anilines is 1. The molecule has 1 aliphatic carbocycles. The minimum atomic E-state index is -0.246. The first-order chi connectivity index (χ1) is 9.51. The molecule has 0 aromatic heterocycles. The summed E-state index contributed by atoms with van der Waals surface area (Å²) in [5.74, 6) is 0. The Bertz CT molecular complexity index is 491. The molecule has 1 aromatic carbocycles. The molecule has 1 fully saturated rings. The maximum Gasteiger partial charge on any atom is 0.0666 e. The Kier molecular flexibility index (Phi) is 5.40. The van der Waals surface area contributed by atoms with Gasteiger partial charge in [-0.25, -0.2) is 0 Å². The highest BCUT2D eigenvalue weighted by Crippen LogP contribution is 2.31. The number of rotatable bonds is 4. The Labute approximate surface area is 134 Å². The van der Waals surface area contributed by atoms with Crippen LogP contribution in [0.4, 0.5) is 5.69 Å². The Morgan fingerprint density at radius 2 is 1.95 bits per heavy atom. The Morgan fingerprint density at radius 1 is 1.30 bits per heavy atom. The van der Waals surface area contributed by atoms with Gasteiger partial charge in [-0.05, 0) is 59.3 Å². The maximum atomic E-state index is 11.1. The van der Waals surface area contributed by atoms with Gasteiger partial charge in [0.05, 0.1) is 29.7 Å². The van der Waals surface area contributed by atoms with Crippen molar-refractivity contribution in [1.29, 1.82) is 0 Å². The highest BCUT2D eigenvalue weighted by Gasteiger charge is 2.25. The zero-order chi connectivity index (χ0) is 14.7. The van der Waals surface area contributed by atoms with Crippen LogP contribution in [-0.4, -0.2) is 22.3 Å². The minimum Gasteiger partial charge on any atom is -0.398 e. The molecule has 2 rings (SSSR count). The predicted molar refractivity (Wildman–Crippen MR) is 85.9 cm³/mol. The molecule has 3 N–H and O–H groups in total. The zero-order valence-electron chi connectivity index (χ0n) is 10.9. The second-order valence-electron chi connectivity index (χ2n) is 5.10. The van der Waals surface area contributed by atoms with Crippen molar-refractivity contribution in [2.24, 2.45) is 5.29 Å². The van der Waals surface area contributed by atoms with Crippen molar-refractivity contribution in [3.8, 4) is 0 Å². The summed E-state index contributed by atoms with van der Waals surface area (Å²) in [6.07, 6.45) is 2.75. The van der Waals surface area contributed by atoms with Gasteiger partial charge in [-0.1, -0.05) is 15.9 Å². The Balaban J connectivity index is 2.12. The van der Waals surface area contributed by atoms with Gasteiger partial charge in [0.15, 0.2) is 0 Å². The molecule has 7 heteroatoms. The van der Waals surface area contributed by atoms with Crippen LogP contribution in [0, 0.1) is 4.91 Å². The summed E-state index contributed by atoms with van der Waals surface area (Å²) in [5.41, 5.74) is 7.51. The van der Waals surface area contributed by atoms with Gasteiger partial charge in [0, 0.05) is 8.95 Å². The number of benzene rings is 1. The summed E-state index contributed by atoms with van der Waals surface area (Å²) in [7, 11) is 0. The van der Waals surface area contributed by atoms with E-state index in [1.807, 2.05) is 12.1 Å². The molecule has 1 aromatic rings. The van der Waals surface area contributed by atoms with E-state index in [2.05, 4.69) is 37.1 Å². The van der Waals surface area contributed by atoms with Crippen LogP contribution in [0.3, 0.4) is 0 Å². The van der Waals surface area contributed by atoms with Crippen LogP contribution in [-0.2, 0) is 6.54 Å². The van der Waals surface area contributed by atoms with Gasteiger partial charge in [0.25, 0.3) is 0 Å². The highest BCUT2D eigenvalue weighted by atomic mass is 79.9. The molecule has 5 nitrogen and oxygen atoms in total. The average molecular weight is 407 g/mol. The molecule has 0 bridgehead atoms. The van der Waals surface area contributed by atoms with E-state index in [9.17, 15) is 10.0 Å². The number of aliphatic hydroxyl groups excluding tert-OH is 1. The molecule has 110 valence electrons. The lowest BCUT2D eigenvalue weighted by Crippen LogP contribution is -2.35. The molecule has 0 atom stereocenters. The number of nitrogen functional groups attached to an aromatic ring is 1. The van der Waals surface area contributed by atoms with Gasteiger partial charge < -0.3 is 10.8 Å². The predicted octanol–water partition coefficient (Wildman–Crippen LogP) is 3.58. The lowest BCUT2D eigenvalue weighted by Gasteiger charge is -2.31. The SMILES string of the molecule is Nc1c(Br)cc(Br)cc1CN(N=O)C1CCC(O)CC1. The van der Waals surface area contributed by atoms with Crippen molar-refractivity contribution in [3.63, 3.8) is 0 Å². The van der Waals surface area contributed by atoms with E-state index < -0.39 is 0 Å². The fraction of sp³-hybridized carbons (Fsp3) is 0.538. The first kappa shape index (κ1) is 15.7. The smallest absolute Gasteiger partial charge is 0.0666 e. The fourth-order valence-corrected chi connectivity index (χ4v) is 3.84. The zero-order valence-corrected chi connectivity index (χ0v) is 14.1. The maximum absolute atomic E-state index is 11.1. The average Bonchev–Trinajstić information content (AvgIpc) is 2.42. The van der Waals surface area contributed by atoms with Gasteiger partial charge in [-0.2, -0.15) is 0 Å². The van der Waals surface area contributed by atoms with Crippen molar-refractivity contribution in [3.05, 3.63) is 31.5 Å². The fourth-order valence-electron chi connectivity index (χ4n) is 2.52. The largest absolute Gasteiger partial charge is 0.398 e. The molecule has 20 heavy (non-hydrogen) atoms. The summed E-state index contributed by atoms with van der Waals surface area (Å²) in [6.45, 7) is 0.383. The first-order valence-corrected chi connectivity index (χ1v) is 8.11. The van der Waals surface area contributed by atoms with Gasteiger partial charge >= 0.3 is 0 Å². The third-order valence-corrected chi connectivity index (χ3v) is 4.82. The minimum absolute atomic E-state index is 0.0769. The highest BCUT2D eigenvalue weighted by molar-refractivity contribution is 9.11. The topological polar surface area (TPSA) is 78.9 Å². The first-order valence-electron chi connectivity index (χ1n) is 6.52. The molecule has 1 aliphatic rings. The number of hydrogen-bond donors (Lipinski definition) is 2. The van der Waals surface area contributed by atoms with Gasteiger partial charge in [-0.15, -0.1) is 4.91 Å². The van der Waals surface area contributed by atoms with Gasteiger partial charge in [0.1, 0.15) is 0 Å². The van der Waals surface area contributed by atoms with Crippen molar-refractivity contribution in [1.82, 2.24) is 5.01 Å². The molecular formula is C13H17Br2N3O2. The summed E-state index contributed by atoms with van der Waals surface area (Å²) < 4.78 is 1.70. The lowest BCUT2D eigenvalue weighted by molar-refractivity contribution is 0.0709. The molecule has 0 unspecified atom stereocenters. The normalized spacial score (nSPS) is 22.6. The molecule has 0 saturated heterocycles. The molecule has 0 amide bonds. The monoisotopic (exact) mass is 405 g/mol. The van der Waals surface area contributed by atoms with Crippen LogP contribution in [0.25, 0.3) is 0 Å². The van der Waals surface area contributed by atoms with Crippen LogP contribution in [0.1, 0.15) is 31.2 Å². The van der Waals surface area contributed by atoms with E-state index in [1.54, 1.807) is 0 Å². The van der Waals surface area contributed by atoms with E-state index in [4.69, 9.17) is 5.73 Å². The lowest BCUT2D eigenvalue weighted by atomic mass is 9.92. The molecule has 0 spiro atoms. The van der Waals surface area contributed by atoms with E-state index in [0.29, 0.717) is 25.1 Å². The summed E-state index contributed by atoms with van der Waals surface area (Å²) in [4.78, 5) is 11.1. The van der Waals surface area contributed by atoms with Crippen molar-refractivity contribution >= 4 is 37.5 Å². The van der Waals surface area contributed by atoms with E-state index in [-0.39, 0.29) is 12.1 Å². The Hall–Kier alpha value is -0.660. The quantitative estimate of drug-likeness (QED) is 0.455. The number of halogens is 2. The molecule has 0 aliphatic heterocycles. The number of nitrogens with two attached hydrogens (primary N) is 1. The van der Waals surface area contributed by atoms with Crippen molar-refractivity contribution in [2.75, 3.05) is 5.73 Å². The van der Waals surface area contributed by atoms with Crippen molar-refractivity contribution < 1.29 is 5.11 Å². The van der Waals surface area contributed by atoms with Crippen LogP contribution in [0.15, 0.2) is 26.4 Å². The summed E-state index contributed by atoms with van der Waals surface area (Å²) in [6, 6.07) is 3.85. The summed E-state index contributed by atoms with van der Waals surface area (Å²) >= 11 is 6.81. The number of nitrogens with zero attached hydrogens (tertiary/aromatic N) is 2. The Morgan fingerprint density at radius 3 is 2.55 bits per heavy atom. The summed E-state index contributed by atoms with van der Waals surface area (Å²) in [5, 5.41) is 14.2. The second kappa shape index (κ2) is 6.87. The number of nitroso groups, excluding NO2 is 1. The van der Waals surface area contributed by atoms with Crippen LogP contribution in [0.2, 0.25) is 0 Å². The van der Waals surface area contributed by atoms with E-state index in [0.717, 1.165) is 27.4 Å². The van der Waals surface area contributed by atoms with Crippen LogP contribution in [0.5, 0.6) is 0 Å². The standard InChI is InChI=1S/C13H17Br2N3O2/c14-9-5-8(13(16)12(15)6-9)7-18(17-20)10-1-3-11(19)4-2-10/h5-6,10-11,19H,1-4,7,16H2. The third-order valence-electron chi connectivity index (χ3n) is 3.70. The molecule has 1 saturated carbocycles. The molecule has 0 radical (unpaired) electrons. The van der Waals surface area contributed by atoms with Gasteiger partial charge in [0.2, 0.25) is 0 Å². The van der Waals surface area contributed by atoms with Gasteiger partial charge in [-0.3, -0.25) is 5.01 Å². The van der Waals surface area contributed by atoms with E-state index >= 15 is 0 Å². The van der Waals surface area contributed by atoms with E-state index in [1.165, 1.54) is 5.01 Å². The second-order valence-corrected chi connectivity index (χ2v) is 6.87.